The highest BCUT2D eigenvalue weighted by molar-refractivity contribution is 5.93. The molecular formula is C23H26N4O4. The van der Waals surface area contributed by atoms with Crippen molar-refractivity contribution in [1.29, 1.82) is 0 Å². The molecule has 0 unspecified atom stereocenters. The Morgan fingerprint density at radius 3 is 2.84 bits per heavy atom. The first-order valence-electron chi connectivity index (χ1n) is 10.3. The van der Waals surface area contributed by atoms with E-state index in [0.29, 0.717) is 38.1 Å². The van der Waals surface area contributed by atoms with Gasteiger partial charge < -0.3 is 29.3 Å². The third kappa shape index (κ3) is 5.91. The lowest BCUT2D eigenvalue weighted by Crippen LogP contribution is -2.32. The number of fused-ring (bicyclic) bond motifs is 1. The Morgan fingerprint density at radius 1 is 1.10 bits per heavy atom. The van der Waals surface area contributed by atoms with Crippen LogP contribution in [0.5, 0.6) is 17.4 Å². The molecule has 0 aliphatic carbocycles. The Hall–Kier alpha value is -3.68. The number of ether oxygens (including phenoxy) is 3. The van der Waals surface area contributed by atoms with Gasteiger partial charge in [-0.1, -0.05) is 6.07 Å². The van der Waals surface area contributed by atoms with Crippen LogP contribution in [0.1, 0.15) is 17.9 Å². The van der Waals surface area contributed by atoms with E-state index < -0.39 is 0 Å². The summed E-state index contributed by atoms with van der Waals surface area (Å²) in [7, 11) is 1.60. The summed E-state index contributed by atoms with van der Waals surface area (Å²) in [4.78, 5) is 9.11. The number of hydrogen-bond donors (Lipinski definition) is 2. The van der Waals surface area contributed by atoms with Crippen LogP contribution >= 0.6 is 0 Å². The summed E-state index contributed by atoms with van der Waals surface area (Å²) < 4.78 is 22.1. The average molecular weight is 422 g/mol. The summed E-state index contributed by atoms with van der Waals surface area (Å²) >= 11 is 0. The van der Waals surface area contributed by atoms with Crippen molar-refractivity contribution in [2.45, 2.75) is 19.4 Å². The molecule has 0 saturated heterocycles. The molecule has 1 aliphatic heterocycles. The maximum atomic E-state index is 5.79. The lowest BCUT2D eigenvalue weighted by Gasteiger charge is -2.14. The van der Waals surface area contributed by atoms with Gasteiger partial charge in [0.2, 0.25) is 5.88 Å². The van der Waals surface area contributed by atoms with Gasteiger partial charge in [0.25, 0.3) is 0 Å². The molecule has 0 saturated carbocycles. The molecule has 8 heteroatoms. The molecule has 0 amide bonds. The van der Waals surface area contributed by atoms with Crippen LogP contribution in [0.3, 0.4) is 0 Å². The van der Waals surface area contributed by atoms with E-state index in [4.69, 9.17) is 18.6 Å². The minimum atomic E-state index is 0.401. The molecule has 162 valence electrons. The molecule has 4 rings (SSSR count). The van der Waals surface area contributed by atoms with E-state index in [2.05, 4.69) is 20.6 Å². The van der Waals surface area contributed by atoms with Crippen molar-refractivity contribution in [3.8, 4) is 17.4 Å². The van der Waals surface area contributed by atoms with E-state index in [1.54, 1.807) is 13.4 Å². The van der Waals surface area contributed by atoms with Gasteiger partial charge in [-0.05, 0) is 30.3 Å². The van der Waals surface area contributed by atoms with Gasteiger partial charge >= 0.3 is 0 Å². The number of pyridine rings is 1. The molecule has 0 bridgehead atoms. The van der Waals surface area contributed by atoms with E-state index in [1.165, 1.54) is 0 Å². The zero-order chi connectivity index (χ0) is 21.3. The van der Waals surface area contributed by atoms with E-state index in [-0.39, 0.29) is 0 Å². The van der Waals surface area contributed by atoms with Crippen LogP contribution in [-0.2, 0) is 13.0 Å². The second kappa shape index (κ2) is 10.4. The first kappa shape index (κ1) is 20.6. The minimum absolute atomic E-state index is 0.401. The van der Waals surface area contributed by atoms with Crippen LogP contribution in [-0.4, -0.2) is 37.8 Å². The summed E-state index contributed by atoms with van der Waals surface area (Å²) in [6, 6.07) is 15.2. The highest BCUT2D eigenvalue weighted by atomic mass is 16.5. The standard InChI is InChI=1S/C23H26N4O4/c1-28-22-7-2-5-18(26-22)16-25-23(24-11-10-19-6-3-12-29-19)27-17-8-9-20-21(15-17)31-14-4-13-30-20/h2-3,5-9,12,15H,4,10-11,13-14,16H2,1H3,(H2,24,25,27). The number of nitrogens with one attached hydrogen (secondary N) is 2. The molecule has 0 radical (unpaired) electrons. The van der Waals surface area contributed by atoms with E-state index >= 15 is 0 Å². The maximum Gasteiger partial charge on any atom is 0.213 e. The van der Waals surface area contributed by atoms with Gasteiger partial charge in [0.1, 0.15) is 5.76 Å². The lowest BCUT2D eigenvalue weighted by molar-refractivity contribution is 0.297. The van der Waals surface area contributed by atoms with Crippen LogP contribution in [0, 0.1) is 0 Å². The number of anilines is 1. The Bertz CT molecular complexity index is 1000. The zero-order valence-corrected chi connectivity index (χ0v) is 17.5. The number of benzene rings is 1. The summed E-state index contributed by atoms with van der Waals surface area (Å²) in [5, 5.41) is 6.69. The van der Waals surface area contributed by atoms with E-state index in [0.717, 1.165) is 41.5 Å². The fraction of sp³-hybridized carbons (Fsp3) is 0.304. The minimum Gasteiger partial charge on any atom is -0.490 e. The van der Waals surface area contributed by atoms with Crippen molar-refractivity contribution in [1.82, 2.24) is 10.3 Å². The van der Waals surface area contributed by atoms with Crippen LogP contribution in [0.4, 0.5) is 5.69 Å². The van der Waals surface area contributed by atoms with E-state index in [9.17, 15) is 0 Å². The number of guanidine groups is 1. The van der Waals surface area contributed by atoms with Crippen LogP contribution in [0.2, 0.25) is 0 Å². The number of nitrogens with zero attached hydrogens (tertiary/aromatic N) is 2. The molecule has 1 aliphatic rings. The van der Waals surface area contributed by atoms with Crippen molar-refractivity contribution in [3.05, 3.63) is 66.2 Å². The molecule has 3 aromatic rings. The molecule has 1 aromatic carbocycles. The Kier molecular flexibility index (Phi) is 6.89. The molecule has 8 nitrogen and oxygen atoms in total. The van der Waals surface area contributed by atoms with Crippen LogP contribution in [0.25, 0.3) is 0 Å². The molecule has 3 heterocycles. The smallest absolute Gasteiger partial charge is 0.213 e. The third-order valence-electron chi connectivity index (χ3n) is 4.64. The van der Waals surface area contributed by atoms with Crippen molar-refractivity contribution in [2.24, 2.45) is 4.99 Å². The predicted molar refractivity (Wildman–Crippen MR) is 118 cm³/mol. The predicted octanol–water partition coefficient (Wildman–Crippen LogP) is 3.64. The van der Waals surface area contributed by atoms with Gasteiger partial charge in [0.15, 0.2) is 17.5 Å². The number of furan rings is 1. The molecule has 2 N–H and O–H groups in total. The molecule has 0 fully saturated rings. The Balaban J connectivity index is 1.47. The molecule has 0 spiro atoms. The quantitative estimate of drug-likeness (QED) is 0.444. The maximum absolute atomic E-state index is 5.79. The average Bonchev–Trinajstić information content (AvgIpc) is 3.21. The summed E-state index contributed by atoms with van der Waals surface area (Å²) in [6.45, 7) is 2.36. The van der Waals surface area contributed by atoms with Gasteiger partial charge in [-0.15, -0.1) is 0 Å². The van der Waals surface area contributed by atoms with Crippen LogP contribution < -0.4 is 24.8 Å². The van der Waals surface area contributed by atoms with Crippen molar-refractivity contribution in [3.63, 3.8) is 0 Å². The van der Waals surface area contributed by atoms with Gasteiger partial charge in [-0.2, -0.15) is 0 Å². The highest BCUT2D eigenvalue weighted by Gasteiger charge is 2.11. The van der Waals surface area contributed by atoms with Crippen molar-refractivity contribution < 1.29 is 18.6 Å². The third-order valence-corrected chi connectivity index (χ3v) is 4.64. The highest BCUT2D eigenvalue weighted by Crippen LogP contribution is 2.32. The Morgan fingerprint density at radius 2 is 2.00 bits per heavy atom. The summed E-state index contributed by atoms with van der Waals surface area (Å²) in [6.07, 6.45) is 3.28. The second-order valence-corrected chi connectivity index (χ2v) is 6.93. The Labute approximate surface area is 181 Å². The topological polar surface area (TPSA) is 90.1 Å². The number of aliphatic imine (C=N–C) groups is 1. The first-order chi connectivity index (χ1) is 15.3. The first-order valence-corrected chi connectivity index (χ1v) is 10.3. The monoisotopic (exact) mass is 422 g/mol. The van der Waals surface area contributed by atoms with Crippen LogP contribution in [0.15, 0.2) is 64.2 Å². The fourth-order valence-corrected chi connectivity index (χ4v) is 3.10. The van der Waals surface area contributed by atoms with Gasteiger partial charge in [-0.3, -0.25) is 0 Å². The SMILES string of the molecule is COc1cccc(CN=C(NCCc2ccco2)Nc2ccc3c(c2)OCCCO3)n1. The second-order valence-electron chi connectivity index (χ2n) is 6.93. The number of rotatable bonds is 7. The number of methoxy groups -OCH3 is 1. The zero-order valence-electron chi connectivity index (χ0n) is 17.5. The largest absolute Gasteiger partial charge is 0.490 e. The van der Waals surface area contributed by atoms with E-state index in [1.807, 2.05) is 48.5 Å². The van der Waals surface area contributed by atoms with Crippen molar-refractivity contribution in [2.75, 3.05) is 32.2 Å². The summed E-state index contributed by atoms with van der Waals surface area (Å²) in [5.74, 6) is 3.60. The fourth-order valence-electron chi connectivity index (χ4n) is 3.10. The lowest BCUT2D eigenvalue weighted by atomic mass is 10.2. The molecule has 31 heavy (non-hydrogen) atoms. The number of aromatic nitrogens is 1. The summed E-state index contributed by atoms with van der Waals surface area (Å²) in [5.41, 5.74) is 1.66. The van der Waals surface area contributed by atoms with Gasteiger partial charge in [-0.25, -0.2) is 9.98 Å². The molecule has 0 atom stereocenters. The van der Waals surface area contributed by atoms with Crippen molar-refractivity contribution >= 4 is 11.6 Å². The normalized spacial score (nSPS) is 13.4. The molecule has 2 aromatic heterocycles. The van der Waals surface area contributed by atoms with Gasteiger partial charge in [0, 0.05) is 37.2 Å². The number of hydrogen-bond acceptors (Lipinski definition) is 6. The van der Waals surface area contributed by atoms with Gasteiger partial charge in [0.05, 0.1) is 38.8 Å². The molecular weight excluding hydrogens is 396 g/mol.